The minimum Gasteiger partial charge on any atom is -0.408 e. The number of oxazole rings is 1. The Labute approximate surface area is 157 Å². The molecule has 0 unspecified atom stereocenters. The molecule has 0 saturated heterocycles. The van der Waals surface area contributed by atoms with Gasteiger partial charge in [-0.1, -0.05) is 31.1 Å². The van der Waals surface area contributed by atoms with Crippen LogP contribution in [0.5, 0.6) is 0 Å². The summed E-state index contributed by atoms with van der Waals surface area (Å²) in [5.74, 6) is 0.437. The van der Waals surface area contributed by atoms with Crippen molar-refractivity contribution in [3.05, 3.63) is 51.8 Å². The number of fused-ring (bicyclic) bond motifs is 1. The molecule has 0 aliphatic rings. The van der Waals surface area contributed by atoms with E-state index in [-0.39, 0.29) is 17.9 Å². The van der Waals surface area contributed by atoms with Gasteiger partial charge in [0, 0.05) is 24.6 Å². The highest BCUT2D eigenvalue weighted by Crippen LogP contribution is 2.16. The lowest BCUT2D eigenvalue weighted by Gasteiger charge is -2.22. The number of nitrogens with one attached hydrogen (secondary N) is 1. The normalized spacial score (nSPS) is 12.6. The molecule has 27 heavy (non-hydrogen) atoms. The number of hydrogen-bond acceptors (Lipinski definition) is 5. The molecule has 0 bridgehead atoms. The first kappa shape index (κ1) is 18.9. The predicted molar refractivity (Wildman–Crippen MR) is 102 cm³/mol. The lowest BCUT2D eigenvalue weighted by atomic mass is 10.0. The molecule has 1 N–H and O–H groups in total. The molecule has 0 aliphatic carbocycles. The minimum atomic E-state index is -0.410. The fourth-order valence-corrected chi connectivity index (χ4v) is 3.18. The van der Waals surface area contributed by atoms with Crippen LogP contribution in [0, 0.1) is 19.8 Å². The average Bonchev–Trinajstić information content (AvgIpc) is 3.11. The molecule has 7 nitrogen and oxygen atoms in total. The van der Waals surface area contributed by atoms with Gasteiger partial charge in [0.1, 0.15) is 5.76 Å². The topological polar surface area (TPSA) is 90.3 Å². The monoisotopic (exact) mass is 371 g/mol. The molecular formula is C20H25N3O4. The number of para-hydroxylation sites is 2. The van der Waals surface area contributed by atoms with E-state index in [2.05, 4.69) is 10.5 Å². The van der Waals surface area contributed by atoms with Crippen LogP contribution in [0.25, 0.3) is 11.1 Å². The zero-order valence-electron chi connectivity index (χ0n) is 16.1. The molecule has 0 radical (unpaired) electrons. The smallest absolute Gasteiger partial charge is 0.408 e. The van der Waals surface area contributed by atoms with Gasteiger partial charge in [-0.15, -0.1) is 0 Å². The van der Waals surface area contributed by atoms with Gasteiger partial charge in [0.2, 0.25) is 5.91 Å². The number of benzene rings is 1. The molecule has 0 fully saturated rings. The van der Waals surface area contributed by atoms with Gasteiger partial charge in [0.05, 0.1) is 11.2 Å². The van der Waals surface area contributed by atoms with Crippen molar-refractivity contribution in [2.45, 2.75) is 53.1 Å². The summed E-state index contributed by atoms with van der Waals surface area (Å²) in [5, 5.41) is 6.97. The van der Waals surface area contributed by atoms with Gasteiger partial charge in [-0.05, 0) is 38.3 Å². The Kier molecular flexibility index (Phi) is 5.48. The molecule has 0 saturated carbocycles. The summed E-state index contributed by atoms with van der Waals surface area (Å²) in [4.78, 5) is 24.7. The van der Waals surface area contributed by atoms with Crippen LogP contribution >= 0.6 is 0 Å². The number of aromatic nitrogens is 2. The molecule has 0 aliphatic heterocycles. The first-order valence-corrected chi connectivity index (χ1v) is 9.16. The van der Waals surface area contributed by atoms with Gasteiger partial charge in [-0.3, -0.25) is 9.36 Å². The van der Waals surface area contributed by atoms with Crippen molar-refractivity contribution in [1.29, 1.82) is 0 Å². The Morgan fingerprint density at radius 3 is 2.67 bits per heavy atom. The average molecular weight is 371 g/mol. The van der Waals surface area contributed by atoms with Gasteiger partial charge >= 0.3 is 5.76 Å². The van der Waals surface area contributed by atoms with Crippen molar-refractivity contribution in [2.24, 2.45) is 5.92 Å². The molecule has 3 aromatic rings. The molecular weight excluding hydrogens is 346 g/mol. The quantitative estimate of drug-likeness (QED) is 0.689. The second-order valence-electron chi connectivity index (χ2n) is 7.17. The highest BCUT2D eigenvalue weighted by atomic mass is 16.5. The summed E-state index contributed by atoms with van der Waals surface area (Å²) in [6.45, 7) is 8.13. The fraction of sp³-hybridized carbons (Fsp3) is 0.450. The third kappa shape index (κ3) is 4.13. The molecule has 1 amide bonds. The second-order valence-corrected chi connectivity index (χ2v) is 7.17. The first-order valence-electron chi connectivity index (χ1n) is 9.16. The third-order valence-electron chi connectivity index (χ3n) is 4.89. The maximum Gasteiger partial charge on any atom is 0.420 e. The van der Waals surface area contributed by atoms with Crippen LogP contribution < -0.4 is 11.1 Å². The van der Waals surface area contributed by atoms with Crippen molar-refractivity contribution >= 4 is 17.0 Å². The van der Waals surface area contributed by atoms with Crippen molar-refractivity contribution in [3.63, 3.8) is 0 Å². The van der Waals surface area contributed by atoms with Gasteiger partial charge < -0.3 is 14.3 Å². The van der Waals surface area contributed by atoms with Crippen LogP contribution in [0.15, 0.2) is 38.0 Å². The van der Waals surface area contributed by atoms with Gasteiger partial charge in [0.15, 0.2) is 5.58 Å². The van der Waals surface area contributed by atoms with Crippen molar-refractivity contribution in [3.8, 4) is 0 Å². The van der Waals surface area contributed by atoms with Gasteiger partial charge in [0.25, 0.3) is 0 Å². The molecule has 1 aromatic carbocycles. The maximum absolute atomic E-state index is 12.5. The van der Waals surface area contributed by atoms with Crippen LogP contribution in [-0.2, 0) is 17.8 Å². The molecule has 2 heterocycles. The number of amides is 1. The SMILES string of the molecule is Cc1noc(C)c1CCC(=O)N[C@H](Cn1c(=O)oc2ccccc21)C(C)C. The number of rotatable bonds is 7. The van der Waals surface area contributed by atoms with Crippen molar-refractivity contribution in [1.82, 2.24) is 15.0 Å². The van der Waals surface area contributed by atoms with E-state index in [1.165, 1.54) is 0 Å². The van der Waals surface area contributed by atoms with E-state index in [4.69, 9.17) is 8.94 Å². The summed E-state index contributed by atoms with van der Waals surface area (Å²) < 4.78 is 12.0. The Bertz CT molecular complexity index is 977. The molecule has 0 spiro atoms. The van der Waals surface area contributed by atoms with Crippen LogP contribution in [0.2, 0.25) is 0 Å². The van der Waals surface area contributed by atoms with Gasteiger partial charge in [-0.2, -0.15) is 0 Å². The molecule has 1 atom stereocenters. The molecule has 144 valence electrons. The number of nitrogens with zero attached hydrogens (tertiary/aromatic N) is 2. The Hall–Kier alpha value is -2.83. The van der Waals surface area contributed by atoms with E-state index in [9.17, 15) is 9.59 Å². The van der Waals surface area contributed by atoms with E-state index in [0.717, 1.165) is 22.5 Å². The molecule has 2 aromatic heterocycles. The first-order chi connectivity index (χ1) is 12.9. The van der Waals surface area contributed by atoms with Crippen LogP contribution in [0.1, 0.15) is 37.3 Å². The Morgan fingerprint density at radius 2 is 2.00 bits per heavy atom. The van der Waals surface area contributed by atoms with Crippen molar-refractivity contribution < 1.29 is 13.7 Å². The number of carbonyl (C=O) groups excluding carboxylic acids is 1. The zero-order valence-corrected chi connectivity index (χ0v) is 16.1. The Morgan fingerprint density at radius 1 is 1.26 bits per heavy atom. The van der Waals surface area contributed by atoms with E-state index in [1.54, 1.807) is 10.6 Å². The predicted octanol–water partition coefficient (Wildman–Crippen LogP) is 2.97. The lowest BCUT2D eigenvalue weighted by Crippen LogP contribution is -2.43. The highest BCUT2D eigenvalue weighted by molar-refractivity contribution is 5.76. The summed E-state index contributed by atoms with van der Waals surface area (Å²) in [7, 11) is 0. The van der Waals surface area contributed by atoms with Crippen LogP contribution in [-0.4, -0.2) is 21.7 Å². The Balaban J connectivity index is 1.69. The second kappa shape index (κ2) is 7.82. The van der Waals surface area contributed by atoms with E-state index >= 15 is 0 Å². The van der Waals surface area contributed by atoms with E-state index in [1.807, 2.05) is 45.9 Å². The van der Waals surface area contributed by atoms with Gasteiger partial charge in [-0.25, -0.2) is 4.79 Å². The lowest BCUT2D eigenvalue weighted by molar-refractivity contribution is -0.122. The summed E-state index contributed by atoms with van der Waals surface area (Å²) in [6.07, 6.45) is 0.916. The minimum absolute atomic E-state index is 0.0606. The van der Waals surface area contributed by atoms with E-state index < -0.39 is 5.76 Å². The number of aryl methyl sites for hydroxylation is 2. The van der Waals surface area contributed by atoms with Crippen LogP contribution in [0.3, 0.4) is 0 Å². The highest BCUT2D eigenvalue weighted by Gasteiger charge is 2.20. The summed E-state index contributed by atoms with van der Waals surface area (Å²) >= 11 is 0. The maximum atomic E-state index is 12.5. The largest absolute Gasteiger partial charge is 0.420 e. The zero-order chi connectivity index (χ0) is 19.6. The number of hydrogen-bond donors (Lipinski definition) is 1. The molecule has 3 rings (SSSR count). The third-order valence-corrected chi connectivity index (χ3v) is 4.89. The van der Waals surface area contributed by atoms with Crippen molar-refractivity contribution in [2.75, 3.05) is 0 Å². The van der Waals surface area contributed by atoms with E-state index in [0.29, 0.717) is 25.0 Å². The standard InChI is InChI=1S/C20H25N3O4/c1-12(2)16(11-23-17-7-5-6-8-18(17)26-20(23)25)21-19(24)10-9-15-13(3)22-27-14(15)4/h5-8,12,16H,9-11H2,1-4H3,(H,21,24)/t16-/m1/s1. The molecule has 7 heteroatoms. The van der Waals surface area contributed by atoms with Crippen LogP contribution in [0.4, 0.5) is 0 Å². The fourth-order valence-electron chi connectivity index (χ4n) is 3.18. The summed E-state index contributed by atoms with van der Waals surface area (Å²) in [6, 6.07) is 7.11. The summed E-state index contributed by atoms with van der Waals surface area (Å²) in [5.41, 5.74) is 3.08. The number of carbonyl (C=O) groups is 1.